The molecule has 2 N–H and O–H groups in total. The summed E-state index contributed by atoms with van der Waals surface area (Å²) in [6.07, 6.45) is 0. The number of likely N-dealkylation sites (N-methyl/N-ethyl adjacent to an activating group) is 1. The predicted octanol–water partition coefficient (Wildman–Crippen LogP) is 4.40. The van der Waals surface area contributed by atoms with Gasteiger partial charge in [0.15, 0.2) is 0 Å². The van der Waals surface area contributed by atoms with Gasteiger partial charge < -0.3 is 5.73 Å². The molecule has 1 unspecified atom stereocenters. The molecular formula is C14H16Br2N2S. The average molecular weight is 404 g/mol. The van der Waals surface area contributed by atoms with Crippen LogP contribution in [-0.4, -0.2) is 18.5 Å². The Hall–Kier alpha value is -0.200. The van der Waals surface area contributed by atoms with Crippen molar-refractivity contribution in [1.29, 1.82) is 0 Å². The molecule has 2 aromatic rings. The Morgan fingerprint density at radius 1 is 1.21 bits per heavy atom. The van der Waals surface area contributed by atoms with E-state index in [1.807, 2.05) is 6.07 Å². The summed E-state index contributed by atoms with van der Waals surface area (Å²) in [5, 5.41) is 0. The minimum Gasteiger partial charge on any atom is -0.329 e. The third-order valence-corrected chi connectivity index (χ3v) is 5.55. The highest BCUT2D eigenvalue weighted by molar-refractivity contribution is 9.11. The first kappa shape index (κ1) is 15.2. The Morgan fingerprint density at radius 2 is 1.95 bits per heavy atom. The normalized spacial score (nSPS) is 12.9. The number of nitrogens with two attached hydrogens (primary N) is 1. The molecule has 102 valence electrons. The van der Waals surface area contributed by atoms with Gasteiger partial charge in [0, 0.05) is 22.4 Å². The van der Waals surface area contributed by atoms with Crippen molar-refractivity contribution >= 4 is 43.2 Å². The van der Waals surface area contributed by atoms with Crippen molar-refractivity contribution in [3.8, 4) is 0 Å². The van der Waals surface area contributed by atoms with Gasteiger partial charge in [0.2, 0.25) is 0 Å². The van der Waals surface area contributed by atoms with E-state index in [2.05, 4.69) is 74.1 Å². The third kappa shape index (κ3) is 3.89. The lowest BCUT2D eigenvalue weighted by molar-refractivity contribution is 0.245. The second-order valence-electron chi connectivity index (χ2n) is 4.40. The van der Waals surface area contributed by atoms with Crippen LogP contribution in [-0.2, 0) is 6.54 Å². The van der Waals surface area contributed by atoms with E-state index >= 15 is 0 Å². The standard InChI is InChI=1S/C14H16Br2N2S/c1-18(9-10-4-2-3-5-11(10)15)12(8-17)13-6-7-14(16)19-13/h2-7,12H,8-9,17H2,1H3. The van der Waals surface area contributed by atoms with Gasteiger partial charge in [-0.15, -0.1) is 11.3 Å². The maximum absolute atomic E-state index is 5.94. The summed E-state index contributed by atoms with van der Waals surface area (Å²) in [6, 6.07) is 12.8. The summed E-state index contributed by atoms with van der Waals surface area (Å²) < 4.78 is 2.29. The predicted molar refractivity (Wildman–Crippen MR) is 89.4 cm³/mol. The number of nitrogens with zero attached hydrogens (tertiary/aromatic N) is 1. The van der Waals surface area contributed by atoms with Crippen LogP contribution in [0, 0.1) is 0 Å². The van der Waals surface area contributed by atoms with Crippen LogP contribution in [0.2, 0.25) is 0 Å². The van der Waals surface area contributed by atoms with E-state index in [0.717, 1.165) is 14.8 Å². The lowest BCUT2D eigenvalue weighted by Crippen LogP contribution is -2.29. The molecule has 0 amide bonds. The van der Waals surface area contributed by atoms with Gasteiger partial charge in [0.1, 0.15) is 0 Å². The Kier molecular flexibility index (Phi) is 5.59. The number of rotatable bonds is 5. The van der Waals surface area contributed by atoms with Gasteiger partial charge >= 0.3 is 0 Å². The van der Waals surface area contributed by atoms with Gasteiger partial charge in [-0.25, -0.2) is 0 Å². The molecule has 0 spiro atoms. The van der Waals surface area contributed by atoms with Gasteiger partial charge in [-0.05, 0) is 46.7 Å². The molecule has 1 aromatic carbocycles. The van der Waals surface area contributed by atoms with Gasteiger partial charge in [-0.1, -0.05) is 34.1 Å². The van der Waals surface area contributed by atoms with E-state index in [-0.39, 0.29) is 6.04 Å². The van der Waals surface area contributed by atoms with Crippen LogP contribution in [0.5, 0.6) is 0 Å². The minimum absolute atomic E-state index is 0.253. The SMILES string of the molecule is CN(Cc1ccccc1Br)C(CN)c1ccc(Br)s1. The highest BCUT2D eigenvalue weighted by Gasteiger charge is 2.18. The molecule has 0 aliphatic rings. The highest BCUT2D eigenvalue weighted by Crippen LogP contribution is 2.31. The van der Waals surface area contributed by atoms with Crippen LogP contribution in [0.4, 0.5) is 0 Å². The fourth-order valence-corrected chi connectivity index (χ4v) is 4.04. The molecule has 0 aliphatic heterocycles. The third-order valence-electron chi connectivity index (χ3n) is 3.06. The molecule has 5 heteroatoms. The Bertz CT molecular complexity index is 542. The molecule has 0 aliphatic carbocycles. The van der Waals surface area contributed by atoms with Gasteiger partial charge in [0.25, 0.3) is 0 Å². The fraction of sp³-hybridized carbons (Fsp3) is 0.286. The molecule has 0 fully saturated rings. The minimum atomic E-state index is 0.253. The van der Waals surface area contributed by atoms with Crippen molar-refractivity contribution in [3.63, 3.8) is 0 Å². The molecule has 2 rings (SSSR count). The van der Waals surface area contributed by atoms with Crippen LogP contribution < -0.4 is 5.73 Å². The van der Waals surface area contributed by atoms with Crippen LogP contribution in [0.15, 0.2) is 44.7 Å². The molecule has 0 radical (unpaired) electrons. The zero-order valence-corrected chi connectivity index (χ0v) is 14.6. The van der Waals surface area contributed by atoms with E-state index in [1.54, 1.807) is 11.3 Å². The smallest absolute Gasteiger partial charge is 0.0702 e. The average Bonchev–Trinajstić information content (AvgIpc) is 2.80. The van der Waals surface area contributed by atoms with E-state index in [1.165, 1.54) is 10.4 Å². The van der Waals surface area contributed by atoms with Crippen molar-refractivity contribution < 1.29 is 0 Å². The molecular weight excluding hydrogens is 388 g/mol. The summed E-state index contributed by atoms with van der Waals surface area (Å²) in [7, 11) is 2.12. The quantitative estimate of drug-likeness (QED) is 0.801. The maximum Gasteiger partial charge on any atom is 0.0702 e. The monoisotopic (exact) mass is 402 g/mol. The molecule has 2 nitrogen and oxygen atoms in total. The number of thiophene rings is 1. The van der Waals surface area contributed by atoms with Gasteiger partial charge in [-0.3, -0.25) is 4.90 Å². The topological polar surface area (TPSA) is 29.3 Å². The first-order valence-electron chi connectivity index (χ1n) is 6.00. The molecule has 19 heavy (non-hydrogen) atoms. The lowest BCUT2D eigenvalue weighted by Gasteiger charge is -2.26. The summed E-state index contributed by atoms with van der Waals surface area (Å²) in [6.45, 7) is 1.49. The van der Waals surface area contributed by atoms with Crippen LogP contribution >= 0.6 is 43.2 Å². The maximum atomic E-state index is 5.94. The van der Waals surface area contributed by atoms with Crippen LogP contribution in [0.1, 0.15) is 16.5 Å². The van der Waals surface area contributed by atoms with Crippen molar-refractivity contribution in [1.82, 2.24) is 4.90 Å². The summed E-state index contributed by atoms with van der Waals surface area (Å²) in [5.74, 6) is 0. The highest BCUT2D eigenvalue weighted by atomic mass is 79.9. The second kappa shape index (κ2) is 6.99. The van der Waals surface area contributed by atoms with Crippen molar-refractivity contribution in [2.45, 2.75) is 12.6 Å². The molecule has 1 atom stereocenters. The zero-order chi connectivity index (χ0) is 13.8. The molecule has 0 saturated carbocycles. The molecule has 1 aromatic heterocycles. The molecule has 1 heterocycles. The van der Waals surface area contributed by atoms with Crippen LogP contribution in [0.3, 0.4) is 0 Å². The first-order valence-corrected chi connectivity index (χ1v) is 8.41. The fourth-order valence-electron chi connectivity index (χ4n) is 2.03. The number of halogens is 2. The second-order valence-corrected chi connectivity index (χ2v) is 7.75. The number of hydrogen-bond donors (Lipinski definition) is 1. The van der Waals surface area contributed by atoms with Crippen molar-refractivity contribution in [2.24, 2.45) is 5.73 Å². The largest absolute Gasteiger partial charge is 0.329 e. The van der Waals surface area contributed by atoms with Gasteiger partial charge in [-0.2, -0.15) is 0 Å². The van der Waals surface area contributed by atoms with E-state index in [4.69, 9.17) is 5.73 Å². The molecule has 0 saturated heterocycles. The lowest BCUT2D eigenvalue weighted by atomic mass is 10.1. The summed E-state index contributed by atoms with van der Waals surface area (Å²) >= 11 is 8.85. The van der Waals surface area contributed by atoms with Crippen molar-refractivity contribution in [2.75, 3.05) is 13.6 Å². The zero-order valence-electron chi connectivity index (χ0n) is 10.6. The van der Waals surface area contributed by atoms with Gasteiger partial charge in [0.05, 0.1) is 9.83 Å². The number of benzene rings is 1. The number of hydrogen-bond acceptors (Lipinski definition) is 3. The Morgan fingerprint density at radius 3 is 2.53 bits per heavy atom. The summed E-state index contributed by atoms with van der Waals surface area (Å²) in [5.41, 5.74) is 7.22. The van der Waals surface area contributed by atoms with E-state index in [0.29, 0.717) is 6.54 Å². The van der Waals surface area contributed by atoms with E-state index < -0.39 is 0 Å². The Labute approximate surface area is 134 Å². The first-order chi connectivity index (χ1) is 9.11. The molecule has 0 bridgehead atoms. The van der Waals surface area contributed by atoms with Crippen molar-refractivity contribution in [3.05, 3.63) is 55.1 Å². The summed E-state index contributed by atoms with van der Waals surface area (Å²) in [4.78, 5) is 3.59. The van der Waals surface area contributed by atoms with Crippen LogP contribution in [0.25, 0.3) is 0 Å². The Balaban J connectivity index is 2.13. The van der Waals surface area contributed by atoms with E-state index in [9.17, 15) is 0 Å².